The summed E-state index contributed by atoms with van der Waals surface area (Å²) in [6.45, 7) is 4.12. The van der Waals surface area contributed by atoms with Crippen molar-refractivity contribution in [2.45, 2.75) is 57.0 Å². The van der Waals surface area contributed by atoms with E-state index < -0.39 is 23.4 Å². The van der Waals surface area contributed by atoms with E-state index in [1.165, 1.54) is 14.2 Å². The molecule has 3 heterocycles. The molecule has 1 saturated carbocycles. The molecule has 204 valence electrons. The zero-order valence-corrected chi connectivity index (χ0v) is 24.2. The van der Waals surface area contributed by atoms with Gasteiger partial charge in [-0.2, -0.15) is 9.59 Å². The summed E-state index contributed by atoms with van der Waals surface area (Å²) in [6, 6.07) is 5.34. The van der Waals surface area contributed by atoms with Gasteiger partial charge in [0.2, 0.25) is 5.91 Å². The molecule has 5 rings (SSSR count). The number of fused-ring (bicyclic) bond motifs is 1. The molecule has 4 aliphatic rings. The monoisotopic (exact) mass is 645 g/mol. The van der Waals surface area contributed by atoms with Crippen molar-refractivity contribution in [2.75, 3.05) is 25.7 Å². The van der Waals surface area contributed by atoms with E-state index in [1.807, 2.05) is 19.1 Å². The van der Waals surface area contributed by atoms with Crippen molar-refractivity contribution < 1.29 is 33.4 Å². The first kappa shape index (κ1) is 28.5. The summed E-state index contributed by atoms with van der Waals surface area (Å²) in [6.07, 6.45) is 3.55. The van der Waals surface area contributed by atoms with Gasteiger partial charge in [0, 0.05) is 21.2 Å². The first-order valence-electron chi connectivity index (χ1n) is 12.5. The fraction of sp³-hybridized carbons (Fsp3) is 0.464. The number of ether oxygens (including phenoxy) is 2. The van der Waals surface area contributed by atoms with E-state index in [1.54, 1.807) is 11.8 Å². The summed E-state index contributed by atoms with van der Waals surface area (Å²) in [4.78, 5) is 64.9. The number of hydrogen-bond acceptors (Lipinski definition) is 9. The van der Waals surface area contributed by atoms with Gasteiger partial charge in [0.05, 0.1) is 37.8 Å². The number of methoxy groups -OCH3 is 2. The maximum Gasteiger partial charge on any atom is 0.373 e. The minimum atomic E-state index is -0.814. The van der Waals surface area contributed by atoms with Gasteiger partial charge in [-0.05, 0) is 79.5 Å². The first-order valence-corrected chi connectivity index (χ1v) is 13.6. The van der Waals surface area contributed by atoms with Crippen molar-refractivity contribution in [3.63, 3.8) is 0 Å². The van der Waals surface area contributed by atoms with Crippen LogP contribution in [0, 0.1) is 21.3 Å². The minimum absolute atomic E-state index is 0.0350. The van der Waals surface area contributed by atoms with E-state index in [9.17, 15) is 14.4 Å². The Hall–Kier alpha value is -3.49. The number of amides is 1. The van der Waals surface area contributed by atoms with Crippen LogP contribution in [0.4, 0.5) is 5.69 Å². The van der Waals surface area contributed by atoms with Gasteiger partial charge in [0.1, 0.15) is 5.84 Å². The Labute approximate surface area is 239 Å². The highest BCUT2D eigenvalue weighted by atomic mass is 127. The summed E-state index contributed by atoms with van der Waals surface area (Å²) < 4.78 is 11.3. The molecule has 0 aromatic heterocycles. The van der Waals surface area contributed by atoms with Crippen molar-refractivity contribution >= 4 is 58.1 Å². The number of likely N-dealkylation sites (tertiary alicyclic amines) is 1. The minimum Gasteiger partial charge on any atom is -0.466 e. The number of carbonyl (C=O) groups excluding carboxylic acids is 5. The van der Waals surface area contributed by atoms with Gasteiger partial charge >= 0.3 is 18.1 Å². The fourth-order valence-corrected chi connectivity index (χ4v) is 6.63. The van der Waals surface area contributed by atoms with Crippen LogP contribution in [0.3, 0.4) is 0 Å². The third kappa shape index (κ3) is 4.45. The summed E-state index contributed by atoms with van der Waals surface area (Å²) in [5.74, 6) is 5.21. The van der Waals surface area contributed by atoms with Gasteiger partial charge in [-0.15, -0.1) is 5.92 Å². The number of carbonyl (C=O) groups is 3. The molecule has 2 fully saturated rings. The number of amidine groups is 1. The third-order valence-corrected chi connectivity index (χ3v) is 8.53. The Morgan fingerprint density at radius 1 is 1.15 bits per heavy atom. The van der Waals surface area contributed by atoms with Crippen molar-refractivity contribution in [3.8, 4) is 11.8 Å². The maximum atomic E-state index is 13.7. The average molecular weight is 645 g/mol. The van der Waals surface area contributed by atoms with E-state index in [2.05, 4.69) is 45.4 Å². The lowest BCUT2D eigenvalue weighted by atomic mass is 9.69. The van der Waals surface area contributed by atoms with Gasteiger partial charge in [-0.25, -0.2) is 14.6 Å². The molecule has 1 amide bonds. The average Bonchev–Trinajstić information content (AvgIpc) is 3.33. The SMILES string of the molecule is CC#CCN1c2ccc(I)cc2[C@]23C[C@@H](C)N(C(=O)C4CCC4)C2=NC(C(=O)OC)=C(C(=O)OC)C13.O=C=O. The summed E-state index contributed by atoms with van der Waals surface area (Å²) in [5, 5.41) is 0. The third-order valence-electron chi connectivity index (χ3n) is 7.86. The highest BCUT2D eigenvalue weighted by Gasteiger charge is 2.66. The zero-order valence-electron chi connectivity index (χ0n) is 22.1. The molecular weight excluding hydrogens is 617 g/mol. The highest BCUT2D eigenvalue weighted by molar-refractivity contribution is 14.1. The molecule has 3 atom stereocenters. The van der Waals surface area contributed by atoms with E-state index in [0.717, 1.165) is 34.1 Å². The molecular formula is C28H28IN3O7. The van der Waals surface area contributed by atoms with Gasteiger partial charge in [0.15, 0.2) is 5.70 Å². The molecule has 1 aromatic carbocycles. The second-order valence-electron chi connectivity index (χ2n) is 9.74. The van der Waals surface area contributed by atoms with Crippen molar-refractivity contribution in [1.82, 2.24) is 4.90 Å². The molecule has 1 saturated heterocycles. The molecule has 0 bridgehead atoms. The van der Waals surface area contributed by atoms with Crippen LogP contribution in [-0.4, -0.2) is 67.6 Å². The highest BCUT2D eigenvalue weighted by Crippen LogP contribution is 2.58. The predicted octanol–water partition coefficient (Wildman–Crippen LogP) is 2.59. The molecule has 1 spiro atoms. The van der Waals surface area contributed by atoms with Crippen LogP contribution in [0.15, 0.2) is 34.5 Å². The Morgan fingerprint density at radius 3 is 2.38 bits per heavy atom. The number of rotatable bonds is 4. The summed E-state index contributed by atoms with van der Waals surface area (Å²) in [5.41, 5.74) is 1.11. The number of benzene rings is 1. The number of anilines is 1. The number of hydrogen-bond donors (Lipinski definition) is 0. The molecule has 3 aliphatic heterocycles. The number of aliphatic imine (C=N–C) groups is 1. The lowest BCUT2D eigenvalue weighted by molar-refractivity contribution is -0.191. The van der Waals surface area contributed by atoms with Crippen molar-refractivity contribution in [2.24, 2.45) is 10.9 Å². The van der Waals surface area contributed by atoms with Crippen LogP contribution in [0.5, 0.6) is 0 Å². The topological polar surface area (TPSA) is 123 Å². The molecule has 10 nitrogen and oxygen atoms in total. The molecule has 0 N–H and O–H groups in total. The van der Waals surface area contributed by atoms with Crippen LogP contribution in [0.1, 0.15) is 45.1 Å². The lowest BCUT2D eigenvalue weighted by Crippen LogP contribution is -2.56. The molecule has 1 unspecified atom stereocenters. The van der Waals surface area contributed by atoms with E-state index in [-0.39, 0.29) is 35.3 Å². The van der Waals surface area contributed by atoms with Gasteiger partial charge < -0.3 is 14.4 Å². The van der Waals surface area contributed by atoms with Crippen molar-refractivity contribution in [1.29, 1.82) is 0 Å². The molecule has 1 aliphatic carbocycles. The maximum absolute atomic E-state index is 13.7. The Balaban J connectivity index is 0.00000112. The number of halogens is 1. The van der Waals surface area contributed by atoms with E-state index in [4.69, 9.17) is 24.1 Å². The quantitative estimate of drug-likeness (QED) is 0.279. The van der Waals surface area contributed by atoms with E-state index >= 15 is 0 Å². The smallest absolute Gasteiger partial charge is 0.373 e. The first-order chi connectivity index (χ1) is 18.7. The second kappa shape index (κ2) is 11.3. The normalized spacial score (nSPS) is 24.4. The largest absolute Gasteiger partial charge is 0.466 e. The summed E-state index contributed by atoms with van der Waals surface area (Å²) in [7, 11) is 2.55. The summed E-state index contributed by atoms with van der Waals surface area (Å²) >= 11 is 2.27. The zero-order chi connectivity index (χ0) is 28.5. The number of nitrogens with zero attached hydrogens (tertiary/aromatic N) is 3. The molecule has 11 heteroatoms. The van der Waals surface area contributed by atoms with Crippen LogP contribution < -0.4 is 4.90 Å². The number of esters is 2. The van der Waals surface area contributed by atoms with Crippen molar-refractivity contribution in [3.05, 3.63) is 38.6 Å². The van der Waals surface area contributed by atoms with E-state index in [0.29, 0.717) is 18.8 Å². The molecule has 39 heavy (non-hydrogen) atoms. The van der Waals surface area contributed by atoms with Gasteiger partial charge in [0.25, 0.3) is 0 Å². The standard InChI is InChI=1S/C27H28IN3O5.CO2/c1-5-6-12-30-19-11-10-17(28)13-18(19)27-14-15(2)31(23(32)16-8-7-9-16)26(27)29-21(25(34)36-4)20(22(27)30)24(33)35-3;2-1-3/h10-11,13,15-16,22H,7-9,12,14H2,1-4H3;/t15-,22?,27+;/m1./s1. The van der Waals surface area contributed by atoms with Crippen LogP contribution in [-0.2, 0) is 38.9 Å². The lowest BCUT2D eigenvalue weighted by Gasteiger charge is -2.41. The Morgan fingerprint density at radius 2 is 1.82 bits per heavy atom. The Bertz CT molecular complexity index is 1380. The fourth-order valence-electron chi connectivity index (χ4n) is 6.14. The van der Waals surface area contributed by atoms with Gasteiger partial charge in [-0.1, -0.05) is 12.3 Å². The van der Waals surface area contributed by atoms with Gasteiger partial charge in [-0.3, -0.25) is 9.69 Å². The predicted molar refractivity (Wildman–Crippen MR) is 147 cm³/mol. The molecule has 1 aromatic rings. The second-order valence-corrected chi connectivity index (χ2v) is 11.0. The van der Waals surface area contributed by atoms with Crippen LogP contribution in [0.2, 0.25) is 0 Å². The molecule has 0 radical (unpaired) electrons. The van der Waals surface area contributed by atoms with Crippen LogP contribution >= 0.6 is 22.6 Å². The van der Waals surface area contributed by atoms with Crippen LogP contribution in [0.25, 0.3) is 0 Å². The Kier molecular flexibility index (Phi) is 8.28.